The average molecular weight is 288 g/mol. The van der Waals surface area contributed by atoms with E-state index in [1.54, 1.807) is 0 Å². The van der Waals surface area contributed by atoms with Crippen LogP contribution in [-0.2, 0) is 0 Å². The zero-order valence-electron chi connectivity index (χ0n) is 9.94. The molecule has 2 heteroatoms. The van der Waals surface area contributed by atoms with Crippen LogP contribution in [0.25, 0.3) is 5.57 Å². The molecule has 0 spiro atoms. The Morgan fingerprint density at radius 3 is 2.88 bits per heavy atom. The summed E-state index contributed by atoms with van der Waals surface area (Å²) in [5, 5.41) is 0. The molecule has 0 radical (unpaired) electrons. The molecular weight excluding hydrogens is 274 g/mol. The van der Waals surface area contributed by atoms with Gasteiger partial charge >= 0.3 is 0 Å². The lowest BCUT2D eigenvalue weighted by Crippen LogP contribution is -2.19. The van der Waals surface area contributed by atoms with E-state index in [0.29, 0.717) is 11.8 Å². The molecule has 17 heavy (non-hydrogen) atoms. The predicted octanol–water partition coefficient (Wildman–Crippen LogP) is 4.76. The highest BCUT2D eigenvalue weighted by Gasteiger charge is 2.29. The Balaban J connectivity index is 2.13. The molecule has 86 valence electrons. The fourth-order valence-corrected chi connectivity index (χ4v) is 2.84. The van der Waals surface area contributed by atoms with Gasteiger partial charge in [-0.25, -0.2) is 0 Å². The van der Waals surface area contributed by atoms with Crippen LogP contribution in [0.3, 0.4) is 0 Å². The molecule has 2 aliphatic rings. The molecular formula is C15H14BrN. The Kier molecular flexibility index (Phi) is 2.55. The van der Waals surface area contributed by atoms with Crippen LogP contribution < -0.4 is 0 Å². The molecule has 0 N–H and O–H groups in total. The number of nitrogens with zero attached hydrogens (tertiary/aromatic N) is 1. The lowest BCUT2D eigenvalue weighted by molar-refractivity contribution is 0.579. The average Bonchev–Trinajstić information content (AvgIpc) is 2.66. The van der Waals surface area contributed by atoms with Gasteiger partial charge in [0.15, 0.2) is 0 Å². The molecule has 1 aliphatic heterocycles. The number of benzene rings is 1. The van der Waals surface area contributed by atoms with Crippen molar-refractivity contribution < 1.29 is 0 Å². The van der Waals surface area contributed by atoms with Crippen molar-refractivity contribution in [1.29, 1.82) is 0 Å². The lowest BCUT2D eigenvalue weighted by atomic mass is 9.83. The van der Waals surface area contributed by atoms with Crippen molar-refractivity contribution >= 4 is 32.9 Å². The number of hydrogen-bond donors (Lipinski definition) is 0. The summed E-state index contributed by atoms with van der Waals surface area (Å²) >= 11 is 3.53. The van der Waals surface area contributed by atoms with Crippen LogP contribution >= 0.6 is 15.9 Å². The first-order valence-electron chi connectivity index (χ1n) is 5.94. The number of halogens is 1. The topological polar surface area (TPSA) is 12.4 Å². The van der Waals surface area contributed by atoms with E-state index < -0.39 is 0 Å². The Hall–Kier alpha value is -1.15. The van der Waals surface area contributed by atoms with E-state index in [4.69, 9.17) is 4.99 Å². The van der Waals surface area contributed by atoms with Crippen LogP contribution in [0, 0.1) is 11.8 Å². The normalized spacial score (nSPS) is 21.1. The zero-order chi connectivity index (χ0) is 12.0. The maximum atomic E-state index is 4.79. The van der Waals surface area contributed by atoms with Crippen LogP contribution in [0.2, 0.25) is 0 Å². The van der Waals surface area contributed by atoms with E-state index in [9.17, 15) is 0 Å². The fraction of sp³-hybridized carbons (Fsp3) is 0.267. The van der Waals surface area contributed by atoms with Gasteiger partial charge in [-0.05, 0) is 24.1 Å². The maximum absolute atomic E-state index is 4.79. The monoisotopic (exact) mass is 287 g/mol. The summed E-state index contributed by atoms with van der Waals surface area (Å²) in [6.07, 6.45) is 6.60. The standard InChI is InChI=1S/C15H14BrN/c1-9(2)11-4-3-5-12-13-8-10(16)6-7-14(13)17-15(11)12/h3-9,11H,1-2H3. The summed E-state index contributed by atoms with van der Waals surface area (Å²) in [5.74, 6) is 1.03. The molecule has 1 aliphatic carbocycles. The van der Waals surface area contributed by atoms with Gasteiger partial charge < -0.3 is 0 Å². The first kappa shape index (κ1) is 11.0. The molecule has 0 fully saturated rings. The van der Waals surface area contributed by atoms with Gasteiger partial charge in [-0.2, -0.15) is 0 Å². The second-order valence-corrected chi connectivity index (χ2v) is 5.81. The molecule has 0 saturated carbocycles. The fourth-order valence-electron chi connectivity index (χ4n) is 2.48. The Bertz CT molecular complexity index is 564. The van der Waals surface area contributed by atoms with E-state index in [0.717, 1.165) is 10.2 Å². The molecule has 1 aromatic carbocycles. The van der Waals surface area contributed by atoms with Crippen molar-refractivity contribution in [3.8, 4) is 0 Å². The molecule has 1 nitrogen and oxygen atoms in total. The van der Waals surface area contributed by atoms with Gasteiger partial charge in [-0.15, -0.1) is 0 Å². The molecule has 0 saturated heterocycles. The van der Waals surface area contributed by atoms with Crippen molar-refractivity contribution in [2.75, 3.05) is 0 Å². The van der Waals surface area contributed by atoms with Crippen LogP contribution in [-0.4, -0.2) is 5.71 Å². The SMILES string of the molecule is CC(C)C1C=CC=C2C1=Nc1ccc(Br)cc12. The smallest absolute Gasteiger partial charge is 0.0713 e. The van der Waals surface area contributed by atoms with Crippen LogP contribution in [0.15, 0.2) is 45.9 Å². The van der Waals surface area contributed by atoms with Crippen molar-refractivity contribution in [3.05, 3.63) is 46.5 Å². The summed E-state index contributed by atoms with van der Waals surface area (Å²) in [4.78, 5) is 4.79. The van der Waals surface area contributed by atoms with Crippen molar-refractivity contribution in [2.45, 2.75) is 13.8 Å². The van der Waals surface area contributed by atoms with Gasteiger partial charge in [0.05, 0.1) is 11.4 Å². The minimum Gasteiger partial charge on any atom is -0.252 e. The molecule has 1 aromatic rings. The number of fused-ring (bicyclic) bond motifs is 3. The first-order chi connectivity index (χ1) is 8.16. The van der Waals surface area contributed by atoms with Crippen LogP contribution in [0.1, 0.15) is 19.4 Å². The van der Waals surface area contributed by atoms with E-state index in [1.807, 2.05) is 0 Å². The van der Waals surface area contributed by atoms with Crippen molar-refractivity contribution in [2.24, 2.45) is 16.8 Å². The molecule has 0 amide bonds. The third kappa shape index (κ3) is 1.71. The number of rotatable bonds is 1. The Labute approximate surface area is 110 Å². The molecule has 1 unspecified atom stereocenters. The lowest BCUT2D eigenvalue weighted by Gasteiger charge is -2.21. The zero-order valence-corrected chi connectivity index (χ0v) is 11.5. The third-order valence-corrected chi connectivity index (χ3v) is 3.87. The van der Waals surface area contributed by atoms with Gasteiger partial charge in [-0.1, -0.05) is 48.0 Å². The molecule has 0 bridgehead atoms. The van der Waals surface area contributed by atoms with Crippen molar-refractivity contribution in [3.63, 3.8) is 0 Å². The molecule has 3 rings (SSSR count). The Morgan fingerprint density at radius 2 is 2.12 bits per heavy atom. The van der Waals surface area contributed by atoms with Gasteiger partial charge in [0.1, 0.15) is 0 Å². The van der Waals surface area contributed by atoms with Crippen LogP contribution in [0.5, 0.6) is 0 Å². The number of allylic oxidation sites excluding steroid dienone is 4. The van der Waals surface area contributed by atoms with Crippen molar-refractivity contribution in [1.82, 2.24) is 0 Å². The quantitative estimate of drug-likeness (QED) is 0.706. The van der Waals surface area contributed by atoms with E-state index >= 15 is 0 Å². The first-order valence-corrected chi connectivity index (χ1v) is 6.73. The van der Waals surface area contributed by atoms with Crippen LogP contribution in [0.4, 0.5) is 5.69 Å². The molecule has 1 heterocycles. The minimum absolute atomic E-state index is 0.446. The van der Waals surface area contributed by atoms with E-state index in [-0.39, 0.29) is 0 Å². The minimum atomic E-state index is 0.446. The van der Waals surface area contributed by atoms with E-state index in [2.05, 4.69) is 66.2 Å². The highest BCUT2D eigenvalue weighted by Crippen LogP contribution is 2.41. The van der Waals surface area contributed by atoms with E-state index in [1.165, 1.54) is 16.8 Å². The van der Waals surface area contributed by atoms with Gasteiger partial charge in [0.25, 0.3) is 0 Å². The number of hydrogen-bond acceptors (Lipinski definition) is 1. The molecule has 0 aromatic heterocycles. The second-order valence-electron chi connectivity index (χ2n) is 4.89. The predicted molar refractivity (Wildman–Crippen MR) is 76.7 cm³/mol. The summed E-state index contributed by atoms with van der Waals surface area (Å²) < 4.78 is 1.12. The van der Waals surface area contributed by atoms with Gasteiger partial charge in [-0.3, -0.25) is 4.99 Å². The summed E-state index contributed by atoms with van der Waals surface area (Å²) in [5.41, 5.74) is 4.88. The summed E-state index contributed by atoms with van der Waals surface area (Å²) in [7, 11) is 0. The summed E-state index contributed by atoms with van der Waals surface area (Å²) in [6, 6.07) is 6.30. The van der Waals surface area contributed by atoms with Gasteiger partial charge in [0, 0.05) is 21.5 Å². The highest BCUT2D eigenvalue weighted by atomic mass is 79.9. The second kappa shape index (κ2) is 3.95. The highest BCUT2D eigenvalue weighted by molar-refractivity contribution is 9.10. The Morgan fingerprint density at radius 1 is 1.29 bits per heavy atom. The summed E-state index contributed by atoms with van der Waals surface area (Å²) in [6.45, 7) is 4.50. The number of aliphatic imine (C=N–C) groups is 1. The maximum Gasteiger partial charge on any atom is 0.0713 e. The molecule has 1 atom stereocenters. The van der Waals surface area contributed by atoms with Gasteiger partial charge in [0.2, 0.25) is 0 Å². The third-order valence-electron chi connectivity index (χ3n) is 3.38. The largest absolute Gasteiger partial charge is 0.252 e.